The van der Waals surface area contributed by atoms with Crippen LogP contribution in [0.4, 0.5) is 10.5 Å². The second-order valence-electron chi connectivity index (χ2n) is 7.10. The summed E-state index contributed by atoms with van der Waals surface area (Å²) < 4.78 is 16.1. The lowest BCUT2D eigenvalue weighted by Crippen LogP contribution is -2.41. The average Bonchev–Trinajstić information content (AvgIpc) is 3.30. The normalized spacial score (nSPS) is 16.2. The zero-order valence-electron chi connectivity index (χ0n) is 17.0. The van der Waals surface area contributed by atoms with Gasteiger partial charge in [0.2, 0.25) is 11.7 Å². The van der Waals surface area contributed by atoms with Gasteiger partial charge in [-0.05, 0) is 25.0 Å². The highest BCUT2D eigenvalue weighted by Gasteiger charge is 2.29. The fourth-order valence-corrected chi connectivity index (χ4v) is 3.56. The van der Waals surface area contributed by atoms with Crippen molar-refractivity contribution in [3.8, 4) is 22.9 Å². The second kappa shape index (κ2) is 8.86. The molecule has 0 radical (unpaired) electrons. The number of nitrogens with zero attached hydrogens (tertiary/aromatic N) is 3. The number of nitrogens with one attached hydrogen (secondary N) is 1. The van der Waals surface area contributed by atoms with Gasteiger partial charge in [-0.15, -0.1) is 0 Å². The van der Waals surface area contributed by atoms with Gasteiger partial charge in [0.15, 0.2) is 0 Å². The van der Waals surface area contributed by atoms with E-state index in [0.29, 0.717) is 42.0 Å². The van der Waals surface area contributed by atoms with Crippen LogP contribution in [0.3, 0.4) is 0 Å². The predicted octanol–water partition coefficient (Wildman–Crippen LogP) is 4.17. The van der Waals surface area contributed by atoms with Crippen molar-refractivity contribution in [3.63, 3.8) is 0 Å². The highest BCUT2D eigenvalue weighted by atomic mass is 16.5. The van der Waals surface area contributed by atoms with Crippen molar-refractivity contribution in [2.45, 2.75) is 18.8 Å². The molecule has 1 saturated heterocycles. The molecule has 1 aliphatic rings. The SMILES string of the molecule is COc1ccc(NC(=O)N2CCC[C@@H](c3nc(-c4ccccc4)no3)C2)c(OC)c1. The molecule has 8 nitrogen and oxygen atoms in total. The standard InChI is InChI=1S/C22H24N4O4/c1-28-17-10-11-18(19(13-17)29-2)23-22(27)26-12-6-9-16(14-26)21-24-20(25-30-21)15-7-4-3-5-8-15/h3-5,7-8,10-11,13,16H,6,9,12,14H2,1-2H3,(H,23,27)/t16-/m1/s1. The Bertz CT molecular complexity index is 1010. The lowest BCUT2D eigenvalue weighted by atomic mass is 9.98. The smallest absolute Gasteiger partial charge is 0.321 e. The van der Waals surface area contributed by atoms with Gasteiger partial charge < -0.3 is 24.2 Å². The first-order chi connectivity index (χ1) is 14.7. The van der Waals surface area contributed by atoms with Crippen LogP contribution in [0.15, 0.2) is 53.1 Å². The van der Waals surface area contributed by atoms with Crippen molar-refractivity contribution in [2.75, 3.05) is 32.6 Å². The molecule has 0 saturated carbocycles. The Morgan fingerprint density at radius 3 is 2.77 bits per heavy atom. The molecule has 0 aliphatic carbocycles. The van der Waals surface area contributed by atoms with E-state index in [1.165, 1.54) is 0 Å². The predicted molar refractivity (Wildman–Crippen MR) is 112 cm³/mol. The molecule has 1 aliphatic heterocycles. The maximum absolute atomic E-state index is 12.9. The summed E-state index contributed by atoms with van der Waals surface area (Å²) in [6.45, 7) is 1.18. The fraction of sp³-hybridized carbons (Fsp3) is 0.318. The second-order valence-corrected chi connectivity index (χ2v) is 7.10. The number of piperidine rings is 1. The van der Waals surface area contributed by atoms with Crippen LogP contribution >= 0.6 is 0 Å². The number of hydrogen-bond acceptors (Lipinski definition) is 6. The number of anilines is 1. The molecule has 1 N–H and O–H groups in total. The van der Waals surface area contributed by atoms with E-state index in [0.717, 1.165) is 18.4 Å². The number of likely N-dealkylation sites (tertiary alicyclic amines) is 1. The first kappa shape index (κ1) is 19.8. The van der Waals surface area contributed by atoms with Crippen molar-refractivity contribution in [1.29, 1.82) is 0 Å². The molecule has 156 valence electrons. The van der Waals surface area contributed by atoms with E-state index in [4.69, 9.17) is 14.0 Å². The number of ether oxygens (including phenoxy) is 2. The van der Waals surface area contributed by atoms with E-state index in [-0.39, 0.29) is 11.9 Å². The van der Waals surface area contributed by atoms with E-state index >= 15 is 0 Å². The van der Waals surface area contributed by atoms with Gasteiger partial charge in [0.05, 0.1) is 25.8 Å². The summed E-state index contributed by atoms with van der Waals surface area (Å²) in [5.74, 6) is 2.34. The fourth-order valence-electron chi connectivity index (χ4n) is 3.56. The van der Waals surface area contributed by atoms with E-state index < -0.39 is 0 Å². The van der Waals surface area contributed by atoms with Crippen LogP contribution in [0.5, 0.6) is 11.5 Å². The van der Waals surface area contributed by atoms with Gasteiger partial charge in [-0.25, -0.2) is 4.79 Å². The van der Waals surface area contributed by atoms with Gasteiger partial charge in [0.25, 0.3) is 0 Å². The lowest BCUT2D eigenvalue weighted by Gasteiger charge is -2.31. The summed E-state index contributed by atoms with van der Waals surface area (Å²) >= 11 is 0. The van der Waals surface area contributed by atoms with Crippen LogP contribution in [0, 0.1) is 0 Å². The van der Waals surface area contributed by atoms with E-state index in [1.807, 2.05) is 30.3 Å². The van der Waals surface area contributed by atoms with Crippen molar-refractivity contribution in [1.82, 2.24) is 15.0 Å². The number of aromatic nitrogens is 2. The summed E-state index contributed by atoms with van der Waals surface area (Å²) in [7, 11) is 3.14. The molecule has 4 rings (SSSR count). The molecule has 2 heterocycles. The number of rotatable bonds is 5. The quantitative estimate of drug-likeness (QED) is 0.682. The number of carbonyl (C=O) groups is 1. The minimum atomic E-state index is -0.189. The summed E-state index contributed by atoms with van der Waals surface area (Å²) in [6.07, 6.45) is 1.76. The number of hydrogen-bond donors (Lipinski definition) is 1. The highest BCUT2D eigenvalue weighted by molar-refractivity contribution is 5.91. The maximum Gasteiger partial charge on any atom is 0.321 e. The Hall–Kier alpha value is -3.55. The molecule has 1 aromatic heterocycles. The molecule has 2 amide bonds. The number of amides is 2. The van der Waals surface area contributed by atoms with Crippen LogP contribution in [0.25, 0.3) is 11.4 Å². The largest absolute Gasteiger partial charge is 0.497 e. The summed E-state index contributed by atoms with van der Waals surface area (Å²) in [5, 5.41) is 7.03. The third-order valence-electron chi connectivity index (χ3n) is 5.18. The van der Waals surface area contributed by atoms with Gasteiger partial charge in [-0.1, -0.05) is 35.5 Å². The van der Waals surface area contributed by atoms with Gasteiger partial charge in [-0.2, -0.15) is 4.98 Å². The molecule has 8 heteroatoms. The van der Waals surface area contributed by atoms with Crippen LogP contribution < -0.4 is 14.8 Å². The summed E-state index contributed by atoms with van der Waals surface area (Å²) in [4.78, 5) is 19.2. The molecule has 1 atom stereocenters. The van der Waals surface area contributed by atoms with Crippen LogP contribution in [-0.4, -0.2) is 48.4 Å². The van der Waals surface area contributed by atoms with Crippen LogP contribution in [0.1, 0.15) is 24.7 Å². The van der Waals surface area contributed by atoms with Crippen molar-refractivity contribution >= 4 is 11.7 Å². The number of benzene rings is 2. The van der Waals surface area contributed by atoms with Crippen molar-refractivity contribution in [2.24, 2.45) is 0 Å². The minimum Gasteiger partial charge on any atom is -0.497 e. The molecule has 2 aromatic carbocycles. The Morgan fingerprint density at radius 2 is 2.00 bits per heavy atom. The van der Waals surface area contributed by atoms with Gasteiger partial charge in [-0.3, -0.25) is 0 Å². The van der Waals surface area contributed by atoms with E-state index in [2.05, 4.69) is 15.5 Å². The molecule has 0 bridgehead atoms. The van der Waals surface area contributed by atoms with Crippen LogP contribution in [-0.2, 0) is 0 Å². The molecular formula is C22H24N4O4. The van der Waals surface area contributed by atoms with Gasteiger partial charge >= 0.3 is 6.03 Å². The zero-order chi connectivity index (χ0) is 20.9. The molecule has 1 fully saturated rings. The zero-order valence-corrected chi connectivity index (χ0v) is 17.0. The third-order valence-corrected chi connectivity index (χ3v) is 5.18. The van der Waals surface area contributed by atoms with E-state index in [1.54, 1.807) is 37.3 Å². The van der Waals surface area contributed by atoms with Gasteiger partial charge in [0, 0.05) is 24.7 Å². The molecule has 30 heavy (non-hydrogen) atoms. The monoisotopic (exact) mass is 408 g/mol. The highest BCUT2D eigenvalue weighted by Crippen LogP contribution is 2.31. The number of urea groups is 1. The maximum atomic E-state index is 12.9. The Labute approximate surface area is 174 Å². The van der Waals surface area contributed by atoms with Crippen molar-refractivity contribution < 1.29 is 18.8 Å². The Morgan fingerprint density at radius 1 is 1.17 bits per heavy atom. The molecule has 3 aromatic rings. The van der Waals surface area contributed by atoms with Crippen LogP contribution in [0.2, 0.25) is 0 Å². The average molecular weight is 408 g/mol. The minimum absolute atomic E-state index is 0.00669. The first-order valence-electron chi connectivity index (χ1n) is 9.85. The molecule has 0 unspecified atom stereocenters. The molecule has 0 spiro atoms. The lowest BCUT2D eigenvalue weighted by molar-refractivity contribution is 0.184. The Balaban J connectivity index is 1.44. The topological polar surface area (TPSA) is 89.7 Å². The summed E-state index contributed by atoms with van der Waals surface area (Å²) in [6, 6.07) is 14.8. The molecular weight excluding hydrogens is 384 g/mol. The summed E-state index contributed by atoms with van der Waals surface area (Å²) in [5.41, 5.74) is 1.50. The Kier molecular flexibility index (Phi) is 5.83. The first-order valence-corrected chi connectivity index (χ1v) is 9.85. The van der Waals surface area contributed by atoms with Gasteiger partial charge in [0.1, 0.15) is 11.5 Å². The van der Waals surface area contributed by atoms with E-state index in [9.17, 15) is 4.79 Å². The number of carbonyl (C=O) groups excluding carboxylic acids is 1. The number of methoxy groups -OCH3 is 2. The third kappa shape index (κ3) is 4.22. The van der Waals surface area contributed by atoms with Crippen molar-refractivity contribution in [3.05, 3.63) is 54.4 Å².